The lowest BCUT2D eigenvalue weighted by Crippen LogP contribution is -2.17. The number of amides is 1. The van der Waals surface area contributed by atoms with Crippen molar-refractivity contribution in [2.45, 2.75) is 33.6 Å². The van der Waals surface area contributed by atoms with Gasteiger partial charge in [0.2, 0.25) is 0 Å². The first-order valence-corrected chi connectivity index (χ1v) is 9.99. The lowest BCUT2D eigenvalue weighted by Gasteiger charge is -2.09. The second kappa shape index (κ2) is 8.56. The third-order valence-electron chi connectivity index (χ3n) is 4.23. The molecule has 0 unspecified atom stereocenters. The fourth-order valence-corrected chi connectivity index (χ4v) is 3.60. The van der Waals surface area contributed by atoms with Crippen molar-refractivity contribution in [2.75, 3.05) is 11.9 Å². The highest BCUT2D eigenvalue weighted by Gasteiger charge is 2.20. The number of pyridine rings is 1. The SMILES string of the molecule is CCCOC(=O)c1cccc(NC(=O)c2c(CC)nc3c(Br)cc(C)cn23)c1. The molecule has 2 aromatic heterocycles. The highest BCUT2D eigenvalue weighted by molar-refractivity contribution is 9.10. The van der Waals surface area contributed by atoms with Crippen LogP contribution in [0.1, 0.15) is 52.4 Å². The Morgan fingerprint density at radius 3 is 2.75 bits per heavy atom. The van der Waals surface area contributed by atoms with Crippen LogP contribution in [0.2, 0.25) is 0 Å². The van der Waals surface area contributed by atoms with Gasteiger partial charge in [-0.2, -0.15) is 0 Å². The van der Waals surface area contributed by atoms with E-state index in [9.17, 15) is 9.59 Å². The lowest BCUT2D eigenvalue weighted by atomic mass is 10.2. The number of hydrogen-bond acceptors (Lipinski definition) is 4. The second-order valence-electron chi connectivity index (χ2n) is 6.49. The average molecular weight is 444 g/mol. The van der Waals surface area contributed by atoms with Crippen LogP contribution < -0.4 is 5.32 Å². The molecule has 28 heavy (non-hydrogen) atoms. The Labute approximate surface area is 172 Å². The molecule has 1 aromatic carbocycles. The maximum absolute atomic E-state index is 13.0. The van der Waals surface area contributed by atoms with Crippen molar-refractivity contribution in [3.8, 4) is 0 Å². The van der Waals surface area contributed by atoms with E-state index in [1.807, 2.05) is 33.0 Å². The summed E-state index contributed by atoms with van der Waals surface area (Å²) in [4.78, 5) is 29.7. The Morgan fingerprint density at radius 2 is 2.04 bits per heavy atom. The zero-order valence-electron chi connectivity index (χ0n) is 16.1. The second-order valence-corrected chi connectivity index (χ2v) is 7.34. The summed E-state index contributed by atoms with van der Waals surface area (Å²) in [6, 6.07) is 8.71. The van der Waals surface area contributed by atoms with Crippen LogP contribution >= 0.6 is 15.9 Å². The van der Waals surface area contributed by atoms with E-state index in [-0.39, 0.29) is 5.91 Å². The summed E-state index contributed by atoms with van der Waals surface area (Å²) in [7, 11) is 0. The Kier molecular flexibility index (Phi) is 6.14. The molecule has 0 bridgehead atoms. The van der Waals surface area contributed by atoms with Gasteiger partial charge in [0.15, 0.2) is 5.65 Å². The van der Waals surface area contributed by atoms with E-state index in [4.69, 9.17) is 4.74 Å². The van der Waals surface area contributed by atoms with E-state index in [0.29, 0.717) is 41.3 Å². The van der Waals surface area contributed by atoms with Gasteiger partial charge in [0.05, 0.1) is 22.3 Å². The number of nitrogens with one attached hydrogen (secondary N) is 1. The maximum Gasteiger partial charge on any atom is 0.338 e. The topological polar surface area (TPSA) is 72.7 Å². The van der Waals surface area contributed by atoms with E-state index in [0.717, 1.165) is 16.5 Å². The summed E-state index contributed by atoms with van der Waals surface area (Å²) in [6.45, 7) is 6.23. The van der Waals surface area contributed by atoms with Gasteiger partial charge >= 0.3 is 5.97 Å². The minimum absolute atomic E-state index is 0.277. The Hall–Kier alpha value is -2.67. The number of aryl methyl sites for hydroxylation is 2. The van der Waals surface area contributed by atoms with Crippen molar-refractivity contribution in [3.63, 3.8) is 0 Å². The molecule has 0 radical (unpaired) electrons. The summed E-state index contributed by atoms with van der Waals surface area (Å²) in [5.41, 5.74) is 3.83. The smallest absolute Gasteiger partial charge is 0.338 e. The van der Waals surface area contributed by atoms with Crippen molar-refractivity contribution in [2.24, 2.45) is 0 Å². The number of fused-ring (bicyclic) bond motifs is 1. The van der Waals surface area contributed by atoms with Gasteiger partial charge in [-0.05, 0) is 65.5 Å². The zero-order valence-corrected chi connectivity index (χ0v) is 17.7. The molecule has 0 aliphatic rings. The molecule has 3 aromatic rings. The Bertz CT molecular complexity index is 1040. The van der Waals surface area contributed by atoms with Crippen LogP contribution in [0, 0.1) is 6.92 Å². The van der Waals surface area contributed by atoms with E-state index in [2.05, 4.69) is 26.2 Å². The predicted octanol–water partition coefficient (Wildman–Crippen LogP) is 4.79. The van der Waals surface area contributed by atoms with Gasteiger partial charge in [0.1, 0.15) is 5.69 Å². The first-order valence-electron chi connectivity index (χ1n) is 9.20. The summed E-state index contributed by atoms with van der Waals surface area (Å²) in [6.07, 6.45) is 3.27. The van der Waals surface area contributed by atoms with Gasteiger partial charge in [-0.15, -0.1) is 0 Å². The molecule has 1 N–H and O–H groups in total. The van der Waals surface area contributed by atoms with Crippen molar-refractivity contribution in [1.82, 2.24) is 9.38 Å². The zero-order chi connectivity index (χ0) is 20.3. The maximum atomic E-state index is 13.0. The third-order valence-corrected chi connectivity index (χ3v) is 4.81. The van der Waals surface area contributed by atoms with Gasteiger partial charge in [-0.25, -0.2) is 9.78 Å². The molecule has 0 fully saturated rings. The summed E-state index contributed by atoms with van der Waals surface area (Å²) in [5.74, 6) is -0.678. The number of imidazole rings is 1. The molecule has 2 heterocycles. The van der Waals surface area contributed by atoms with Crippen LogP contribution in [-0.4, -0.2) is 27.9 Å². The van der Waals surface area contributed by atoms with Gasteiger partial charge in [0, 0.05) is 11.9 Å². The molecule has 0 spiro atoms. The first-order chi connectivity index (χ1) is 13.4. The van der Waals surface area contributed by atoms with Gasteiger partial charge in [0.25, 0.3) is 5.91 Å². The van der Waals surface area contributed by atoms with Crippen LogP contribution in [0.25, 0.3) is 5.65 Å². The van der Waals surface area contributed by atoms with Gasteiger partial charge < -0.3 is 10.1 Å². The number of aromatic nitrogens is 2. The first kappa shape index (κ1) is 20.1. The van der Waals surface area contributed by atoms with Crippen LogP contribution in [0.15, 0.2) is 41.0 Å². The van der Waals surface area contributed by atoms with Gasteiger partial charge in [-0.3, -0.25) is 9.20 Å². The molecule has 0 atom stereocenters. The molecular weight excluding hydrogens is 422 g/mol. The van der Waals surface area contributed by atoms with Crippen LogP contribution in [0.4, 0.5) is 5.69 Å². The minimum atomic E-state index is -0.401. The van der Waals surface area contributed by atoms with Gasteiger partial charge in [-0.1, -0.05) is 19.9 Å². The standard InChI is InChI=1S/C21H22BrN3O3/c1-4-9-28-21(27)14-7-6-8-15(11-14)23-20(26)18-17(5-2)24-19-16(22)10-13(3)12-25(18)19/h6-8,10-12H,4-5,9H2,1-3H3,(H,23,26). The highest BCUT2D eigenvalue weighted by atomic mass is 79.9. The van der Waals surface area contributed by atoms with Crippen LogP contribution in [0.5, 0.6) is 0 Å². The highest BCUT2D eigenvalue weighted by Crippen LogP contribution is 2.24. The number of carbonyl (C=O) groups excluding carboxylic acids is 2. The van der Waals surface area contributed by atoms with Crippen molar-refractivity contribution >= 4 is 39.1 Å². The molecule has 3 rings (SSSR count). The molecular formula is C21H22BrN3O3. The number of ether oxygens (including phenoxy) is 1. The minimum Gasteiger partial charge on any atom is -0.462 e. The predicted molar refractivity (Wildman–Crippen MR) is 112 cm³/mol. The molecule has 0 aliphatic heterocycles. The molecule has 0 saturated carbocycles. The number of benzene rings is 1. The number of halogens is 1. The molecule has 0 aliphatic carbocycles. The number of carbonyl (C=O) groups is 2. The largest absolute Gasteiger partial charge is 0.462 e. The van der Waals surface area contributed by atoms with Crippen LogP contribution in [0.3, 0.4) is 0 Å². The van der Waals surface area contributed by atoms with E-state index >= 15 is 0 Å². The molecule has 0 saturated heterocycles. The number of rotatable bonds is 6. The molecule has 146 valence electrons. The average Bonchev–Trinajstić information content (AvgIpc) is 3.05. The van der Waals surface area contributed by atoms with Crippen molar-refractivity contribution in [1.29, 1.82) is 0 Å². The van der Waals surface area contributed by atoms with Crippen molar-refractivity contribution in [3.05, 3.63) is 63.5 Å². The van der Waals surface area contributed by atoms with E-state index in [1.165, 1.54) is 0 Å². The molecule has 6 nitrogen and oxygen atoms in total. The van der Waals surface area contributed by atoms with Crippen molar-refractivity contribution < 1.29 is 14.3 Å². The summed E-state index contributed by atoms with van der Waals surface area (Å²) < 4.78 is 7.79. The fraction of sp³-hybridized carbons (Fsp3) is 0.286. The fourth-order valence-electron chi connectivity index (χ4n) is 2.96. The lowest BCUT2D eigenvalue weighted by molar-refractivity contribution is 0.0505. The Morgan fingerprint density at radius 1 is 1.25 bits per heavy atom. The normalized spacial score (nSPS) is 10.9. The molecule has 7 heteroatoms. The number of hydrogen-bond donors (Lipinski definition) is 1. The summed E-state index contributed by atoms with van der Waals surface area (Å²) >= 11 is 3.52. The third kappa shape index (κ3) is 4.09. The number of anilines is 1. The van der Waals surface area contributed by atoms with Crippen LogP contribution in [-0.2, 0) is 11.2 Å². The molecule has 1 amide bonds. The van der Waals surface area contributed by atoms with E-state index < -0.39 is 5.97 Å². The number of nitrogens with zero attached hydrogens (tertiary/aromatic N) is 2. The summed E-state index contributed by atoms with van der Waals surface area (Å²) in [5, 5.41) is 2.88. The van der Waals surface area contributed by atoms with E-state index in [1.54, 1.807) is 28.7 Å². The Balaban J connectivity index is 1.93. The quantitative estimate of drug-likeness (QED) is 0.555. The number of esters is 1. The monoisotopic (exact) mass is 443 g/mol.